The monoisotopic (exact) mass is 416 g/mol. The summed E-state index contributed by atoms with van der Waals surface area (Å²) in [5.41, 5.74) is 1.65. The van der Waals surface area contributed by atoms with Crippen molar-refractivity contribution in [2.45, 2.75) is 6.54 Å². The fraction of sp³-hybridized carbons (Fsp3) is 0.111. The molecule has 0 saturated heterocycles. The number of fused-ring (bicyclic) bond motifs is 1. The minimum absolute atomic E-state index is 0.184. The highest BCUT2D eigenvalue weighted by atomic mass is 35.5. The van der Waals surface area contributed by atoms with Crippen molar-refractivity contribution in [3.63, 3.8) is 0 Å². The smallest absolute Gasteiger partial charge is 0.273 e. The van der Waals surface area contributed by atoms with Gasteiger partial charge in [-0.3, -0.25) is 9.59 Å². The highest BCUT2D eigenvalue weighted by Crippen LogP contribution is 2.26. The zero-order valence-corrected chi connectivity index (χ0v) is 16.5. The van der Waals surface area contributed by atoms with E-state index in [0.29, 0.717) is 26.8 Å². The van der Waals surface area contributed by atoms with Crippen LogP contribution in [0.25, 0.3) is 20.8 Å². The van der Waals surface area contributed by atoms with Gasteiger partial charge in [0.1, 0.15) is 21.2 Å². The van der Waals surface area contributed by atoms with Gasteiger partial charge in [-0.05, 0) is 23.6 Å². The molecule has 0 unspecified atom stereocenters. The number of nitrogens with one attached hydrogen (secondary N) is 1. The molecule has 4 rings (SSSR count). The molecule has 1 amide bonds. The third-order valence-corrected chi connectivity index (χ3v) is 5.92. The Kier molecular flexibility index (Phi) is 4.77. The lowest BCUT2D eigenvalue weighted by Gasteiger charge is -2.15. The van der Waals surface area contributed by atoms with Crippen molar-refractivity contribution in [2.24, 2.45) is 0 Å². The number of thiazole rings is 1. The van der Waals surface area contributed by atoms with Crippen LogP contribution < -0.4 is 5.56 Å². The van der Waals surface area contributed by atoms with Crippen LogP contribution in [0.4, 0.5) is 0 Å². The normalized spacial score (nSPS) is 11.0. The van der Waals surface area contributed by atoms with Gasteiger partial charge in [-0.2, -0.15) is 0 Å². The summed E-state index contributed by atoms with van der Waals surface area (Å²) in [7, 11) is 1.65. The molecule has 0 atom stereocenters. The maximum atomic E-state index is 12.7. The van der Waals surface area contributed by atoms with Crippen LogP contribution in [0, 0.1) is 0 Å². The molecule has 0 aliphatic carbocycles. The number of rotatable bonds is 4. The van der Waals surface area contributed by atoms with Crippen molar-refractivity contribution >= 4 is 50.4 Å². The molecule has 6 nitrogen and oxygen atoms in total. The summed E-state index contributed by atoms with van der Waals surface area (Å²) in [6.45, 7) is 0.184. The number of halogens is 1. The summed E-state index contributed by atoms with van der Waals surface area (Å²) >= 11 is 8.74. The number of amides is 1. The van der Waals surface area contributed by atoms with Crippen molar-refractivity contribution in [2.75, 3.05) is 7.05 Å². The maximum absolute atomic E-state index is 12.7. The maximum Gasteiger partial charge on any atom is 0.273 e. The molecule has 9 heteroatoms. The first-order chi connectivity index (χ1) is 13.0. The van der Waals surface area contributed by atoms with Crippen LogP contribution in [0.1, 0.15) is 16.3 Å². The molecule has 27 heavy (non-hydrogen) atoms. The average Bonchev–Trinajstić information content (AvgIpc) is 3.30. The van der Waals surface area contributed by atoms with E-state index in [-0.39, 0.29) is 18.0 Å². The van der Waals surface area contributed by atoms with Crippen molar-refractivity contribution in [1.82, 2.24) is 19.9 Å². The number of carbonyl (C=O) groups excluding carboxylic acids is 1. The number of H-pyrrole nitrogens is 1. The number of hydrogen-bond donors (Lipinski definition) is 1. The third kappa shape index (κ3) is 3.64. The number of aromatic nitrogens is 3. The van der Waals surface area contributed by atoms with Crippen LogP contribution in [0.3, 0.4) is 0 Å². The van der Waals surface area contributed by atoms with Crippen molar-refractivity contribution in [3.8, 4) is 10.6 Å². The molecule has 0 radical (unpaired) electrons. The molecular weight excluding hydrogens is 404 g/mol. The van der Waals surface area contributed by atoms with Gasteiger partial charge in [-0.25, -0.2) is 9.97 Å². The van der Waals surface area contributed by atoms with E-state index in [4.69, 9.17) is 11.6 Å². The van der Waals surface area contributed by atoms with Crippen LogP contribution >= 0.6 is 34.3 Å². The number of benzene rings is 1. The summed E-state index contributed by atoms with van der Waals surface area (Å²) in [4.78, 5) is 37.8. The summed E-state index contributed by atoms with van der Waals surface area (Å²) < 4.78 is 0.582. The Labute approximate surface area is 167 Å². The molecule has 3 heterocycles. The van der Waals surface area contributed by atoms with Crippen LogP contribution in [-0.4, -0.2) is 32.8 Å². The quantitative estimate of drug-likeness (QED) is 0.544. The molecule has 3 aromatic heterocycles. The largest absolute Gasteiger partial charge is 0.333 e. The van der Waals surface area contributed by atoms with Crippen molar-refractivity contribution in [3.05, 3.63) is 68.0 Å². The fourth-order valence-corrected chi connectivity index (χ4v) is 4.32. The predicted octanol–water partition coefficient (Wildman–Crippen LogP) is 4.03. The van der Waals surface area contributed by atoms with E-state index in [1.165, 1.54) is 27.6 Å². The standard InChI is InChI=1S/C18H13ClN4O2S2/c1-23(8-14-20-12-5-6-26-15(12)16(24)22-14)18(25)13-9-27-17(21-13)10-3-2-4-11(19)7-10/h2-7,9H,8H2,1H3,(H,20,22,24). The van der Waals surface area contributed by atoms with Crippen molar-refractivity contribution < 1.29 is 4.79 Å². The van der Waals surface area contributed by atoms with Crippen LogP contribution in [0.15, 0.2) is 45.9 Å². The lowest BCUT2D eigenvalue weighted by molar-refractivity contribution is 0.0776. The minimum atomic E-state index is -0.243. The SMILES string of the molecule is CN(Cc1nc2ccsc2c(=O)[nH]1)C(=O)c1csc(-c2cccc(Cl)c2)n1. The second-order valence-corrected chi connectivity index (χ2v) is 8.07. The molecule has 0 fully saturated rings. The van der Waals surface area contributed by atoms with Crippen molar-refractivity contribution in [1.29, 1.82) is 0 Å². The third-order valence-electron chi connectivity index (χ3n) is 3.89. The molecule has 1 aromatic carbocycles. The molecule has 136 valence electrons. The van der Waals surface area contributed by atoms with Gasteiger partial charge in [0.25, 0.3) is 11.5 Å². The predicted molar refractivity (Wildman–Crippen MR) is 109 cm³/mol. The van der Waals surface area contributed by atoms with E-state index in [2.05, 4.69) is 15.0 Å². The van der Waals surface area contributed by atoms with E-state index < -0.39 is 0 Å². The van der Waals surface area contributed by atoms with Crippen LogP contribution in [-0.2, 0) is 6.54 Å². The van der Waals surface area contributed by atoms with E-state index in [0.717, 1.165) is 10.6 Å². The Morgan fingerprint density at radius 1 is 1.26 bits per heavy atom. The summed E-state index contributed by atoms with van der Waals surface area (Å²) in [6.07, 6.45) is 0. The molecular formula is C18H13ClN4O2S2. The van der Waals surface area contributed by atoms with Gasteiger partial charge in [0, 0.05) is 23.0 Å². The van der Waals surface area contributed by atoms with E-state index in [9.17, 15) is 9.59 Å². The molecule has 0 bridgehead atoms. The van der Waals surface area contributed by atoms with Gasteiger partial charge < -0.3 is 9.88 Å². The lowest BCUT2D eigenvalue weighted by atomic mass is 10.2. The molecule has 0 saturated carbocycles. The first-order valence-electron chi connectivity index (χ1n) is 7.94. The summed E-state index contributed by atoms with van der Waals surface area (Å²) in [5.74, 6) is 0.194. The first-order valence-corrected chi connectivity index (χ1v) is 10.1. The van der Waals surface area contributed by atoms with Crippen LogP contribution in [0.5, 0.6) is 0 Å². The summed E-state index contributed by atoms with van der Waals surface area (Å²) in [6, 6.07) is 9.13. The van der Waals surface area contributed by atoms with Crippen LogP contribution in [0.2, 0.25) is 5.02 Å². The Hall–Kier alpha value is -2.55. The van der Waals surface area contributed by atoms with Gasteiger partial charge in [0.2, 0.25) is 0 Å². The van der Waals surface area contributed by atoms with Gasteiger partial charge in [0.05, 0.1) is 12.1 Å². The number of carbonyl (C=O) groups is 1. The number of thiophene rings is 1. The highest BCUT2D eigenvalue weighted by molar-refractivity contribution is 7.17. The molecule has 1 N–H and O–H groups in total. The first kappa shape index (κ1) is 17.8. The Morgan fingerprint density at radius 2 is 2.11 bits per heavy atom. The molecule has 0 aliphatic rings. The van der Waals surface area contributed by atoms with E-state index in [1.54, 1.807) is 24.6 Å². The number of nitrogens with zero attached hydrogens (tertiary/aromatic N) is 3. The Bertz CT molecular complexity index is 1200. The second kappa shape index (κ2) is 7.22. The number of hydrogen-bond acceptors (Lipinski definition) is 6. The molecule has 0 aliphatic heterocycles. The Morgan fingerprint density at radius 3 is 2.93 bits per heavy atom. The second-order valence-electron chi connectivity index (χ2n) is 5.86. The fourth-order valence-electron chi connectivity index (χ4n) is 2.61. The lowest BCUT2D eigenvalue weighted by Crippen LogP contribution is -2.28. The van der Waals surface area contributed by atoms with Gasteiger partial charge in [-0.15, -0.1) is 22.7 Å². The van der Waals surface area contributed by atoms with E-state index >= 15 is 0 Å². The average molecular weight is 417 g/mol. The zero-order chi connectivity index (χ0) is 19.0. The number of aromatic amines is 1. The Balaban J connectivity index is 1.54. The van der Waals surface area contributed by atoms with Gasteiger partial charge in [-0.1, -0.05) is 23.7 Å². The zero-order valence-electron chi connectivity index (χ0n) is 14.1. The van der Waals surface area contributed by atoms with Gasteiger partial charge in [0.15, 0.2) is 0 Å². The highest BCUT2D eigenvalue weighted by Gasteiger charge is 2.18. The minimum Gasteiger partial charge on any atom is -0.333 e. The summed E-state index contributed by atoms with van der Waals surface area (Å²) in [5, 5.41) is 4.87. The topological polar surface area (TPSA) is 79.0 Å². The molecule has 4 aromatic rings. The van der Waals surface area contributed by atoms with Gasteiger partial charge >= 0.3 is 0 Å². The van der Waals surface area contributed by atoms with E-state index in [1.807, 2.05) is 23.6 Å². The molecule has 0 spiro atoms.